The maximum absolute atomic E-state index is 8.98. The Morgan fingerprint density at radius 1 is 1.16 bits per heavy atom. The van der Waals surface area contributed by atoms with Crippen molar-refractivity contribution in [2.45, 2.75) is 25.4 Å². The first kappa shape index (κ1) is 15.7. The van der Waals surface area contributed by atoms with E-state index in [-0.39, 0.29) is 6.04 Å². The summed E-state index contributed by atoms with van der Waals surface area (Å²) in [7, 11) is 0. The van der Waals surface area contributed by atoms with Crippen molar-refractivity contribution in [2.75, 3.05) is 18.0 Å². The Bertz CT molecular complexity index is 919. The largest absolute Gasteiger partial charge is 0.341 e. The molecule has 0 bridgehead atoms. The summed E-state index contributed by atoms with van der Waals surface area (Å²) in [6, 6.07) is 18.4. The van der Waals surface area contributed by atoms with Gasteiger partial charge in [-0.3, -0.25) is 0 Å². The second-order valence-electron chi connectivity index (χ2n) is 6.64. The molecule has 0 unspecified atom stereocenters. The molecule has 2 aromatic carbocycles. The van der Waals surface area contributed by atoms with Crippen LogP contribution in [0.25, 0.3) is 11.0 Å². The fourth-order valence-electron chi connectivity index (χ4n) is 3.52. The SMILES string of the molecule is N#Cc1ccc(Cn2c(N3CCC[C@H](N)C3)nc3ccccc32)cc1. The van der Waals surface area contributed by atoms with Crippen LogP contribution < -0.4 is 10.6 Å². The molecule has 0 amide bonds. The van der Waals surface area contributed by atoms with Crippen LogP contribution in [0.15, 0.2) is 48.5 Å². The lowest BCUT2D eigenvalue weighted by molar-refractivity contribution is 0.495. The van der Waals surface area contributed by atoms with Crippen molar-refractivity contribution in [3.63, 3.8) is 0 Å². The number of benzene rings is 2. The number of fused-ring (bicyclic) bond motifs is 1. The number of para-hydroxylation sites is 2. The smallest absolute Gasteiger partial charge is 0.206 e. The molecule has 1 atom stereocenters. The summed E-state index contributed by atoms with van der Waals surface area (Å²) < 4.78 is 2.26. The van der Waals surface area contributed by atoms with E-state index in [0.717, 1.165) is 55.0 Å². The summed E-state index contributed by atoms with van der Waals surface area (Å²) in [5.41, 5.74) is 10.2. The fraction of sp³-hybridized carbons (Fsp3) is 0.300. The molecule has 1 fully saturated rings. The van der Waals surface area contributed by atoms with Gasteiger partial charge in [-0.2, -0.15) is 5.26 Å². The number of piperidine rings is 1. The number of imidazole rings is 1. The Hall–Kier alpha value is -2.84. The number of anilines is 1. The Morgan fingerprint density at radius 2 is 1.96 bits per heavy atom. The zero-order chi connectivity index (χ0) is 17.2. The predicted octanol–water partition coefficient (Wildman–Crippen LogP) is 2.88. The number of nitrogens with zero attached hydrogens (tertiary/aromatic N) is 4. The van der Waals surface area contributed by atoms with E-state index in [2.05, 4.69) is 27.7 Å². The van der Waals surface area contributed by atoms with Crippen LogP contribution in [0.5, 0.6) is 0 Å². The molecule has 25 heavy (non-hydrogen) atoms. The number of rotatable bonds is 3. The van der Waals surface area contributed by atoms with Crippen LogP contribution in [0.3, 0.4) is 0 Å². The number of hydrogen-bond donors (Lipinski definition) is 1. The van der Waals surface area contributed by atoms with Gasteiger partial charge in [-0.25, -0.2) is 4.98 Å². The van der Waals surface area contributed by atoms with Gasteiger partial charge < -0.3 is 15.2 Å². The lowest BCUT2D eigenvalue weighted by Gasteiger charge is -2.32. The van der Waals surface area contributed by atoms with E-state index in [1.165, 1.54) is 0 Å². The molecular weight excluding hydrogens is 310 g/mol. The molecular formula is C20H21N5. The standard InChI is InChI=1S/C20H21N5/c21-12-15-7-9-16(10-8-15)13-25-19-6-2-1-5-18(19)23-20(25)24-11-3-4-17(22)14-24/h1-2,5-10,17H,3-4,11,13-14,22H2/t17-/m0/s1. The van der Waals surface area contributed by atoms with Crippen LogP contribution in [0.4, 0.5) is 5.95 Å². The first-order chi connectivity index (χ1) is 12.2. The van der Waals surface area contributed by atoms with E-state index in [9.17, 15) is 0 Å². The average Bonchev–Trinajstić information content (AvgIpc) is 3.01. The number of hydrogen-bond acceptors (Lipinski definition) is 4. The highest BCUT2D eigenvalue weighted by molar-refractivity contribution is 5.79. The van der Waals surface area contributed by atoms with E-state index in [1.54, 1.807) is 0 Å². The van der Waals surface area contributed by atoms with Crippen molar-refractivity contribution >= 4 is 17.0 Å². The Labute approximate surface area is 147 Å². The zero-order valence-corrected chi connectivity index (χ0v) is 14.1. The van der Waals surface area contributed by atoms with Gasteiger partial charge in [0.2, 0.25) is 5.95 Å². The van der Waals surface area contributed by atoms with Crippen LogP contribution in [0.2, 0.25) is 0 Å². The molecule has 0 saturated carbocycles. The van der Waals surface area contributed by atoms with Crippen molar-refractivity contribution < 1.29 is 0 Å². The summed E-state index contributed by atoms with van der Waals surface area (Å²) in [6.07, 6.45) is 2.17. The van der Waals surface area contributed by atoms with Crippen molar-refractivity contribution in [3.8, 4) is 6.07 Å². The molecule has 0 aliphatic carbocycles. The van der Waals surface area contributed by atoms with Gasteiger partial charge in [0, 0.05) is 19.1 Å². The first-order valence-electron chi connectivity index (χ1n) is 8.69. The molecule has 126 valence electrons. The maximum atomic E-state index is 8.98. The molecule has 1 saturated heterocycles. The molecule has 5 nitrogen and oxygen atoms in total. The van der Waals surface area contributed by atoms with Gasteiger partial charge in [0.15, 0.2) is 0 Å². The number of nitrogens with two attached hydrogens (primary N) is 1. The van der Waals surface area contributed by atoms with E-state index >= 15 is 0 Å². The minimum Gasteiger partial charge on any atom is -0.341 e. The molecule has 1 aliphatic rings. The van der Waals surface area contributed by atoms with Gasteiger partial charge in [-0.05, 0) is 42.7 Å². The average molecular weight is 331 g/mol. The summed E-state index contributed by atoms with van der Waals surface area (Å²) >= 11 is 0. The number of aromatic nitrogens is 2. The quantitative estimate of drug-likeness (QED) is 0.801. The molecule has 2 N–H and O–H groups in total. The van der Waals surface area contributed by atoms with E-state index < -0.39 is 0 Å². The summed E-state index contributed by atoms with van der Waals surface area (Å²) in [5, 5.41) is 8.98. The van der Waals surface area contributed by atoms with Crippen molar-refractivity contribution in [3.05, 3.63) is 59.7 Å². The van der Waals surface area contributed by atoms with Crippen LogP contribution >= 0.6 is 0 Å². The minimum absolute atomic E-state index is 0.205. The zero-order valence-electron chi connectivity index (χ0n) is 14.1. The Kier molecular flexibility index (Phi) is 4.12. The van der Waals surface area contributed by atoms with Gasteiger partial charge in [0.05, 0.1) is 29.2 Å². The molecule has 1 aliphatic heterocycles. The van der Waals surface area contributed by atoms with Gasteiger partial charge >= 0.3 is 0 Å². The highest BCUT2D eigenvalue weighted by Gasteiger charge is 2.22. The first-order valence-corrected chi connectivity index (χ1v) is 8.69. The Morgan fingerprint density at radius 3 is 2.72 bits per heavy atom. The highest BCUT2D eigenvalue weighted by Crippen LogP contribution is 2.26. The van der Waals surface area contributed by atoms with Crippen molar-refractivity contribution in [1.29, 1.82) is 5.26 Å². The lowest BCUT2D eigenvalue weighted by atomic mass is 10.1. The molecule has 1 aromatic heterocycles. The Balaban J connectivity index is 1.74. The van der Waals surface area contributed by atoms with Gasteiger partial charge in [-0.1, -0.05) is 24.3 Å². The van der Waals surface area contributed by atoms with Gasteiger partial charge in [-0.15, -0.1) is 0 Å². The van der Waals surface area contributed by atoms with E-state index in [1.807, 2.05) is 36.4 Å². The predicted molar refractivity (Wildman–Crippen MR) is 99.4 cm³/mol. The van der Waals surface area contributed by atoms with E-state index in [0.29, 0.717) is 5.56 Å². The highest BCUT2D eigenvalue weighted by atomic mass is 15.3. The minimum atomic E-state index is 0.205. The molecule has 0 radical (unpaired) electrons. The lowest BCUT2D eigenvalue weighted by Crippen LogP contribution is -2.44. The molecule has 5 heteroatoms. The van der Waals surface area contributed by atoms with Gasteiger partial charge in [0.1, 0.15) is 0 Å². The summed E-state index contributed by atoms with van der Waals surface area (Å²) in [4.78, 5) is 7.19. The van der Waals surface area contributed by atoms with E-state index in [4.69, 9.17) is 16.0 Å². The topological polar surface area (TPSA) is 70.9 Å². The molecule has 0 spiro atoms. The normalized spacial score (nSPS) is 17.6. The monoisotopic (exact) mass is 331 g/mol. The van der Waals surface area contributed by atoms with Crippen molar-refractivity contribution in [1.82, 2.24) is 9.55 Å². The number of nitriles is 1. The van der Waals surface area contributed by atoms with Crippen LogP contribution in [-0.4, -0.2) is 28.7 Å². The molecule has 4 rings (SSSR count). The van der Waals surface area contributed by atoms with Crippen LogP contribution in [0.1, 0.15) is 24.0 Å². The summed E-state index contributed by atoms with van der Waals surface area (Å²) in [5.74, 6) is 0.987. The molecule has 3 aromatic rings. The summed E-state index contributed by atoms with van der Waals surface area (Å²) in [6.45, 7) is 2.56. The van der Waals surface area contributed by atoms with Gasteiger partial charge in [0.25, 0.3) is 0 Å². The fourth-order valence-corrected chi connectivity index (χ4v) is 3.52. The van der Waals surface area contributed by atoms with Crippen LogP contribution in [0, 0.1) is 11.3 Å². The van der Waals surface area contributed by atoms with Crippen molar-refractivity contribution in [2.24, 2.45) is 5.73 Å². The maximum Gasteiger partial charge on any atom is 0.206 e. The second-order valence-corrected chi connectivity index (χ2v) is 6.64. The third-order valence-corrected chi connectivity index (χ3v) is 4.80. The molecule has 2 heterocycles. The third kappa shape index (κ3) is 3.09. The second kappa shape index (κ2) is 6.58. The third-order valence-electron chi connectivity index (χ3n) is 4.80. The van der Waals surface area contributed by atoms with Crippen LogP contribution in [-0.2, 0) is 6.54 Å².